The molecule has 2 aromatic rings. The van der Waals surface area contributed by atoms with Crippen LogP contribution in [0.2, 0.25) is 0 Å². The van der Waals surface area contributed by atoms with Crippen LogP contribution in [0.15, 0.2) is 36.4 Å². The van der Waals surface area contributed by atoms with Crippen molar-refractivity contribution in [3.05, 3.63) is 42.0 Å². The Morgan fingerprint density at radius 1 is 1.19 bits per heavy atom. The van der Waals surface area contributed by atoms with Crippen LogP contribution in [0.25, 0.3) is 10.8 Å². The van der Waals surface area contributed by atoms with E-state index in [9.17, 15) is 14.7 Å². The van der Waals surface area contributed by atoms with E-state index in [1.807, 2.05) is 30.3 Å². The molecule has 0 radical (unpaired) electrons. The van der Waals surface area contributed by atoms with E-state index in [1.54, 1.807) is 6.07 Å². The highest BCUT2D eigenvalue weighted by Crippen LogP contribution is 2.27. The minimum atomic E-state index is -0.402. The van der Waals surface area contributed by atoms with Gasteiger partial charge in [-0.25, -0.2) is 0 Å². The van der Waals surface area contributed by atoms with E-state index in [1.165, 1.54) is 0 Å². The summed E-state index contributed by atoms with van der Waals surface area (Å²) in [4.78, 5) is 22.8. The minimum Gasteiger partial charge on any atom is -0.508 e. The average Bonchev–Trinajstić information content (AvgIpc) is 2.48. The largest absolute Gasteiger partial charge is 0.508 e. The Morgan fingerprint density at radius 2 is 2.00 bits per heavy atom. The Labute approximate surface area is 122 Å². The van der Waals surface area contributed by atoms with Crippen molar-refractivity contribution >= 4 is 22.6 Å². The first kappa shape index (κ1) is 13.6. The maximum Gasteiger partial charge on any atom is 0.243 e. The molecule has 0 saturated carbocycles. The van der Waals surface area contributed by atoms with Gasteiger partial charge in [-0.1, -0.05) is 30.3 Å². The third-order valence-corrected chi connectivity index (χ3v) is 3.78. The van der Waals surface area contributed by atoms with Gasteiger partial charge in [-0.15, -0.1) is 0 Å². The van der Waals surface area contributed by atoms with Gasteiger partial charge in [0.15, 0.2) is 0 Å². The number of nitrogens with one attached hydrogen (secondary N) is 2. The molecule has 108 valence electrons. The zero-order valence-corrected chi connectivity index (χ0v) is 11.4. The van der Waals surface area contributed by atoms with Gasteiger partial charge in [0, 0.05) is 18.5 Å². The number of phenolic OH excluding ortho intramolecular Hbond substituents is 1. The fourth-order valence-corrected chi connectivity index (χ4v) is 2.62. The molecule has 1 fully saturated rings. The second-order valence-electron chi connectivity index (χ2n) is 5.17. The normalized spacial score (nSPS) is 18.8. The summed E-state index contributed by atoms with van der Waals surface area (Å²) in [5, 5.41) is 17.5. The van der Waals surface area contributed by atoms with E-state index in [-0.39, 0.29) is 17.6 Å². The van der Waals surface area contributed by atoms with Gasteiger partial charge in [0.05, 0.1) is 6.04 Å². The lowest BCUT2D eigenvalue weighted by atomic mass is 10.0. The van der Waals surface area contributed by atoms with E-state index in [4.69, 9.17) is 0 Å². The highest BCUT2D eigenvalue weighted by molar-refractivity contribution is 6.00. The fourth-order valence-electron chi connectivity index (χ4n) is 2.62. The molecule has 5 heteroatoms. The standard InChI is InChI=1S/C16H16N2O3/c19-14-7-5-10-3-1-2-4-11(10)12(14)9-17-13-6-8-15(20)18-16(13)21/h1-5,7,13,17,19H,6,8-9H2,(H,18,20,21). The maximum absolute atomic E-state index is 11.7. The number of carbonyl (C=O) groups excluding carboxylic acids is 2. The molecule has 0 aromatic heterocycles. The van der Waals surface area contributed by atoms with Crippen molar-refractivity contribution in [3.8, 4) is 5.75 Å². The molecule has 1 saturated heterocycles. The van der Waals surface area contributed by atoms with Crippen LogP contribution in [-0.2, 0) is 16.1 Å². The molecule has 1 aliphatic heterocycles. The molecule has 2 aromatic carbocycles. The van der Waals surface area contributed by atoms with Crippen LogP contribution < -0.4 is 10.6 Å². The third-order valence-electron chi connectivity index (χ3n) is 3.78. The Balaban J connectivity index is 1.80. The molecule has 1 unspecified atom stereocenters. The lowest BCUT2D eigenvalue weighted by molar-refractivity contribution is -0.134. The van der Waals surface area contributed by atoms with E-state index >= 15 is 0 Å². The monoisotopic (exact) mass is 284 g/mol. The highest BCUT2D eigenvalue weighted by atomic mass is 16.3. The fraction of sp³-hybridized carbons (Fsp3) is 0.250. The Hall–Kier alpha value is -2.40. The molecule has 3 N–H and O–H groups in total. The number of hydrogen-bond donors (Lipinski definition) is 3. The smallest absolute Gasteiger partial charge is 0.243 e. The van der Waals surface area contributed by atoms with Crippen LogP contribution >= 0.6 is 0 Å². The average molecular weight is 284 g/mol. The quantitative estimate of drug-likeness (QED) is 0.745. The van der Waals surface area contributed by atoms with Gasteiger partial charge in [-0.05, 0) is 23.3 Å². The van der Waals surface area contributed by atoms with Gasteiger partial charge in [0.2, 0.25) is 11.8 Å². The molecule has 0 bridgehead atoms. The predicted octanol–water partition coefficient (Wildman–Crippen LogP) is 1.44. The van der Waals surface area contributed by atoms with E-state index in [2.05, 4.69) is 10.6 Å². The molecule has 2 amide bonds. The molecule has 3 rings (SSSR count). The first-order chi connectivity index (χ1) is 10.1. The second-order valence-corrected chi connectivity index (χ2v) is 5.17. The molecule has 0 aliphatic carbocycles. The molecular weight excluding hydrogens is 268 g/mol. The number of carbonyl (C=O) groups is 2. The summed E-state index contributed by atoms with van der Waals surface area (Å²) in [6.07, 6.45) is 0.821. The number of imide groups is 1. The minimum absolute atomic E-state index is 0.202. The number of aromatic hydroxyl groups is 1. The Morgan fingerprint density at radius 3 is 2.81 bits per heavy atom. The molecule has 21 heavy (non-hydrogen) atoms. The molecule has 1 atom stereocenters. The van der Waals surface area contributed by atoms with Crippen molar-refractivity contribution in [2.75, 3.05) is 0 Å². The van der Waals surface area contributed by atoms with Crippen molar-refractivity contribution < 1.29 is 14.7 Å². The van der Waals surface area contributed by atoms with Crippen LogP contribution in [0.1, 0.15) is 18.4 Å². The van der Waals surface area contributed by atoms with Gasteiger partial charge in [-0.2, -0.15) is 0 Å². The number of piperidine rings is 1. The van der Waals surface area contributed by atoms with Gasteiger partial charge in [-0.3, -0.25) is 14.9 Å². The van der Waals surface area contributed by atoms with Crippen molar-refractivity contribution in [2.24, 2.45) is 0 Å². The number of rotatable bonds is 3. The van der Waals surface area contributed by atoms with E-state index < -0.39 is 6.04 Å². The summed E-state index contributed by atoms with van der Waals surface area (Å²) < 4.78 is 0. The maximum atomic E-state index is 11.7. The molecule has 0 spiro atoms. The second kappa shape index (κ2) is 5.54. The van der Waals surface area contributed by atoms with Crippen LogP contribution in [0, 0.1) is 0 Å². The number of hydrogen-bond acceptors (Lipinski definition) is 4. The van der Waals surface area contributed by atoms with Crippen LogP contribution in [0.5, 0.6) is 5.75 Å². The van der Waals surface area contributed by atoms with E-state index in [0.717, 1.165) is 16.3 Å². The van der Waals surface area contributed by atoms with Crippen molar-refractivity contribution in [2.45, 2.75) is 25.4 Å². The summed E-state index contributed by atoms with van der Waals surface area (Å²) in [5.41, 5.74) is 0.762. The molecule has 5 nitrogen and oxygen atoms in total. The van der Waals surface area contributed by atoms with Gasteiger partial charge < -0.3 is 10.4 Å². The summed E-state index contributed by atoms with van der Waals surface area (Å²) in [7, 11) is 0. The molecule has 1 heterocycles. The van der Waals surface area contributed by atoms with Crippen molar-refractivity contribution in [1.29, 1.82) is 0 Å². The topological polar surface area (TPSA) is 78.4 Å². The summed E-state index contributed by atoms with van der Waals surface area (Å²) in [6.45, 7) is 0.374. The molecule has 1 aliphatic rings. The van der Waals surface area contributed by atoms with Crippen LogP contribution in [0.3, 0.4) is 0 Å². The number of benzene rings is 2. The van der Waals surface area contributed by atoms with Gasteiger partial charge in [0.25, 0.3) is 0 Å². The Bertz CT molecular complexity index is 712. The summed E-state index contributed by atoms with van der Waals surface area (Å²) >= 11 is 0. The van der Waals surface area contributed by atoms with Crippen LogP contribution in [0.4, 0.5) is 0 Å². The summed E-state index contributed by atoms with van der Waals surface area (Å²) in [6, 6.07) is 10.9. The van der Waals surface area contributed by atoms with Crippen molar-refractivity contribution in [3.63, 3.8) is 0 Å². The van der Waals surface area contributed by atoms with Gasteiger partial charge in [0.1, 0.15) is 5.75 Å². The Kier molecular flexibility index (Phi) is 3.58. The molecular formula is C16H16N2O3. The number of phenols is 1. The van der Waals surface area contributed by atoms with Crippen molar-refractivity contribution in [1.82, 2.24) is 10.6 Å². The van der Waals surface area contributed by atoms with Gasteiger partial charge >= 0.3 is 0 Å². The number of amides is 2. The highest BCUT2D eigenvalue weighted by Gasteiger charge is 2.26. The lowest BCUT2D eigenvalue weighted by Crippen LogP contribution is -2.50. The first-order valence-corrected chi connectivity index (χ1v) is 6.92. The van der Waals surface area contributed by atoms with E-state index in [0.29, 0.717) is 19.4 Å². The summed E-state index contributed by atoms with van der Waals surface area (Å²) in [5.74, 6) is -0.328. The number of fused-ring (bicyclic) bond motifs is 1. The first-order valence-electron chi connectivity index (χ1n) is 6.92. The lowest BCUT2D eigenvalue weighted by Gasteiger charge is -2.22. The predicted molar refractivity (Wildman–Crippen MR) is 78.6 cm³/mol. The zero-order chi connectivity index (χ0) is 14.8. The van der Waals surface area contributed by atoms with Crippen LogP contribution in [-0.4, -0.2) is 23.0 Å². The third kappa shape index (κ3) is 2.73. The zero-order valence-electron chi connectivity index (χ0n) is 11.4. The SMILES string of the molecule is O=C1CCC(NCc2c(O)ccc3ccccc23)C(=O)N1.